The summed E-state index contributed by atoms with van der Waals surface area (Å²) in [7, 11) is 0. The fraction of sp³-hybridized carbons (Fsp3) is 0.333. The maximum Gasteiger partial charge on any atom is 0.184 e. The molecule has 1 fully saturated rings. The van der Waals surface area contributed by atoms with Crippen LogP contribution in [0.25, 0.3) is 28.2 Å². The first-order valence-corrected chi connectivity index (χ1v) is 8.72. The Labute approximate surface area is 153 Å². The van der Waals surface area contributed by atoms with E-state index < -0.39 is 0 Å². The van der Waals surface area contributed by atoms with Crippen molar-refractivity contribution in [3.05, 3.63) is 52.8 Å². The van der Waals surface area contributed by atoms with E-state index in [0.29, 0.717) is 5.92 Å². The van der Waals surface area contributed by atoms with Gasteiger partial charge in [0.25, 0.3) is 0 Å². The monoisotopic (exact) mass is 345 g/mol. The van der Waals surface area contributed by atoms with Gasteiger partial charge in [0.2, 0.25) is 0 Å². The van der Waals surface area contributed by atoms with Crippen LogP contribution in [0.1, 0.15) is 48.7 Å². The third-order valence-corrected chi connectivity index (χ3v) is 4.99. The summed E-state index contributed by atoms with van der Waals surface area (Å²) >= 11 is 0. The highest BCUT2D eigenvalue weighted by Crippen LogP contribution is 2.39. The van der Waals surface area contributed by atoms with E-state index in [1.807, 2.05) is 6.92 Å². The summed E-state index contributed by atoms with van der Waals surface area (Å²) in [5.74, 6) is 1.44. The van der Waals surface area contributed by atoms with E-state index in [4.69, 9.17) is 4.98 Å². The van der Waals surface area contributed by atoms with E-state index in [1.54, 1.807) is 0 Å². The molecule has 0 spiro atoms. The van der Waals surface area contributed by atoms with Crippen LogP contribution in [-0.2, 0) is 0 Å². The van der Waals surface area contributed by atoms with Crippen molar-refractivity contribution in [1.82, 2.24) is 24.6 Å². The van der Waals surface area contributed by atoms with Crippen LogP contribution in [0, 0.1) is 20.8 Å². The Bertz CT molecular complexity index is 1140. The van der Waals surface area contributed by atoms with Crippen LogP contribution in [-0.4, -0.2) is 24.6 Å². The van der Waals surface area contributed by atoms with E-state index in [0.717, 1.165) is 39.6 Å². The minimum atomic E-state index is 0. The Morgan fingerprint density at radius 3 is 2.50 bits per heavy atom. The second-order valence-corrected chi connectivity index (χ2v) is 7.05. The largest absolute Gasteiger partial charge is 0.255 e. The van der Waals surface area contributed by atoms with Gasteiger partial charge in [0.1, 0.15) is 5.52 Å². The summed E-state index contributed by atoms with van der Waals surface area (Å²) < 4.78 is 2.07. The highest BCUT2D eigenvalue weighted by atomic mass is 15.3. The predicted molar refractivity (Wildman–Crippen MR) is 104 cm³/mol. The number of aromatic nitrogens is 5. The van der Waals surface area contributed by atoms with Crippen LogP contribution in [0.3, 0.4) is 0 Å². The second kappa shape index (κ2) is 5.87. The Kier molecular flexibility index (Phi) is 3.75. The molecule has 0 amide bonds. The first kappa shape index (κ1) is 16.6. The normalized spacial score (nSPS) is 14.0. The SMILES string of the molecule is C.Cc1ccc(C)c(-c2nnc3c(C)nc4ccc(C5CC5)nc4n23)c1. The lowest BCUT2D eigenvalue weighted by Gasteiger charge is -2.09. The molecule has 0 saturated heterocycles. The lowest BCUT2D eigenvalue weighted by atomic mass is 10.1. The number of fused-ring (bicyclic) bond motifs is 3. The first-order chi connectivity index (χ1) is 12.1. The van der Waals surface area contributed by atoms with Crippen LogP contribution >= 0.6 is 0 Å². The molecule has 1 aromatic carbocycles. The zero-order valence-corrected chi connectivity index (χ0v) is 14.6. The fourth-order valence-electron chi connectivity index (χ4n) is 3.41. The van der Waals surface area contributed by atoms with Crippen LogP contribution in [0.4, 0.5) is 0 Å². The van der Waals surface area contributed by atoms with Crippen molar-refractivity contribution in [2.24, 2.45) is 0 Å². The molecular weight excluding hydrogens is 322 g/mol. The smallest absolute Gasteiger partial charge is 0.184 e. The number of hydrogen-bond acceptors (Lipinski definition) is 4. The van der Waals surface area contributed by atoms with Crippen molar-refractivity contribution >= 4 is 16.8 Å². The minimum absolute atomic E-state index is 0. The van der Waals surface area contributed by atoms with Gasteiger partial charge in [-0.3, -0.25) is 4.40 Å². The molecular formula is C21H23N5. The van der Waals surface area contributed by atoms with Gasteiger partial charge in [-0.2, -0.15) is 0 Å². The first-order valence-electron chi connectivity index (χ1n) is 8.72. The topological polar surface area (TPSA) is 56.0 Å². The molecule has 0 aliphatic heterocycles. The van der Waals surface area contributed by atoms with Crippen molar-refractivity contribution in [3.63, 3.8) is 0 Å². The Balaban J connectivity index is 0.00000168. The molecule has 3 heterocycles. The highest BCUT2D eigenvalue weighted by Gasteiger charge is 2.26. The summed E-state index contributed by atoms with van der Waals surface area (Å²) in [6.45, 7) is 6.18. The molecule has 132 valence electrons. The van der Waals surface area contributed by atoms with E-state index in [1.165, 1.54) is 24.0 Å². The quantitative estimate of drug-likeness (QED) is 0.525. The Morgan fingerprint density at radius 2 is 1.73 bits per heavy atom. The molecule has 5 heteroatoms. The third kappa shape index (κ3) is 2.46. The number of nitrogens with zero attached hydrogens (tertiary/aromatic N) is 5. The van der Waals surface area contributed by atoms with Gasteiger partial charge >= 0.3 is 0 Å². The van der Waals surface area contributed by atoms with Crippen molar-refractivity contribution in [2.75, 3.05) is 0 Å². The van der Waals surface area contributed by atoms with Crippen molar-refractivity contribution in [1.29, 1.82) is 0 Å². The lowest BCUT2D eigenvalue weighted by molar-refractivity contribution is 1.01. The Morgan fingerprint density at radius 1 is 0.923 bits per heavy atom. The van der Waals surface area contributed by atoms with Crippen LogP contribution in [0.2, 0.25) is 0 Å². The molecule has 3 aromatic heterocycles. The lowest BCUT2D eigenvalue weighted by Crippen LogP contribution is -2.02. The average molecular weight is 345 g/mol. The zero-order valence-electron chi connectivity index (χ0n) is 14.6. The van der Waals surface area contributed by atoms with Gasteiger partial charge in [-0.25, -0.2) is 9.97 Å². The van der Waals surface area contributed by atoms with E-state index in [-0.39, 0.29) is 7.43 Å². The van der Waals surface area contributed by atoms with Gasteiger partial charge in [-0.1, -0.05) is 25.1 Å². The number of pyridine rings is 1. The molecule has 0 atom stereocenters. The maximum absolute atomic E-state index is 4.94. The van der Waals surface area contributed by atoms with Gasteiger partial charge in [0.15, 0.2) is 17.1 Å². The molecule has 26 heavy (non-hydrogen) atoms. The van der Waals surface area contributed by atoms with Crippen LogP contribution in [0.5, 0.6) is 0 Å². The molecule has 1 aliphatic carbocycles. The maximum atomic E-state index is 4.94. The van der Waals surface area contributed by atoms with E-state index in [2.05, 4.69) is 63.8 Å². The summed E-state index contributed by atoms with van der Waals surface area (Å²) in [6, 6.07) is 10.6. The molecule has 5 rings (SSSR count). The summed E-state index contributed by atoms with van der Waals surface area (Å²) in [5.41, 5.74) is 8.03. The zero-order chi connectivity index (χ0) is 17.1. The average Bonchev–Trinajstić information content (AvgIpc) is 3.35. The van der Waals surface area contributed by atoms with E-state index >= 15 is 0 Å². The fourth-order valence-corrected chi connectivity index (χ4v) is 3.41. The third-order valence-electron chi connectivity index (χ3n) is 4.99. The number of rotatable bonds is 2. The molecule has 0 unspecified atom stereocenters. The summed E-state index contributed by atoms with van der Waals surface area (Å²) in [4.78, 5) is 9.62. The second-order valence-electron chi connectivity index (χ2n) is 7.05. The number of hydrogen-bond donors (Lipinski definition) is 0. The van der Waals surface area contributed by atoms with Crippen molar-refractivity contribution < 1.29 is 0 Å². The predicted octanol–water partition coefficient (Wildman–Crippen LogP) is 4.78. The number of benzene rings is 1. The van der Waals surface area contributed by atoms with Gasteiger partial charge in [0, 0.05) is 17.2 Å². The van der Waals surface area contributed by atoms with Gasteiger partial charge < -0.3 is 0 Å². The standard InChI is InChI=1S/C20H19N5.CH4/c1-11-4-5-12(2)15(10-11)19-24-23-18-13(3)21-17-9-8-16(14-6-7-14)22-20(17)25(18)19;/h4-5,8-10,14H,6-7H2,1-3H3;1H4. The van der Waals surface area contributed by atoms with E-state index in [9.17, 15) is 0 Å². The van der Waals surface area contributed by atoms with Gasteiger partial charge in [-0.15, -0.1) is 10.2 Å². The molecule has 1 saturated carbocycles. The molecule has 0 N–H and O–H groups in total. The van der Waals surface area contributed by atoms with Crippen LogP contribution in [0.15, 0.2) is 30.3 Å². The van der Waals surface area contributed by atoms with Crippen molar-refractivity contribution in [2.45, 2.75) is 47.0 Å². The molecule has 0 radical (unpaired) electrons. The molecule has 4 aromatic rings. The van der Waals surface area contributed by atoms with Crippen LogP contribution < -0.4 is 0 Å². The minimum Gasteiger partial charge on any atom is -0.255 e. The Hall–Kier alpha value is -2.82. The highest BCUT2D eigenvalue weighted by molar-refractivity contribution is 5.78. The van der Waals surface area contributed by atoms with Crippen molar-refractivity contribution in [3.8, 4) is 11.4 Å². The molecule has 0 bridgehead atoms. The molecule has 1 aliphatic rings. The van der Waals surface area contributed by atoms with Gasteiger partial charge in [-0.05, 0) is 57.4 Å². The summed E-state index contributed by atoms with van der Waals surface area (Å²) in [5, 5.41) is 8.92. The summed E-state index contributed by atoms with van der Waals surface area (Å²) in [6.07, 6.45) is 2.46. The number of aryl methyl sites for hydroxylation is 3. The van der Waals surface area contributed by atoms with Gasteiger partial charge in [0.05, 0.1) is 5.69 Å². The molecule has 5 nitrogen and oxygen atoms in total.